The number of phenols is 2. The van der Waals surface area contributed by atoms with Crippen LogP contribution in [0.15, 0.2) is 39.1 Å². The molecule has 1 unspecified atom stereocenters. The number of rotatable bonds is 3. The van der Waals surface area contributed by atoms with E-state index in [0.29, 0.717) is 23.3 Å². The van der Waals surface area contributed by atoms with E-state index in [2.05, 4.69) is 0 Å². The quantitative estimate of drug-likeness (QED) is 0.458. The van der Waals surface area contributed by atoms with Crippen LogP contribution in [0.4, 0.5) is 0 Å². The van der Waals surface area contributed by atoms with Crippen molar-refractivity contribution in [3.63, 3.8) is 0 Å². The summed E-state index contributed by atoms with van der Waals surface area (Å²) in [6.45, 7) is 7.21. The second-order valence-electron chi connectivity index (χ2n) is 8.37. The van der Waals surface area contributed by atoms with Gasteiger partial charge >= 0.3 is 0 Å². The largest absolute Gasteiger partial charge is 0.507 e. The SMILES string of the molecule is CC(C)=CCc1c2c(c(O)c3c(=O)c4cccc(O)c4oc13)CC(C(C)(C)O)O2. The van der Waals surface area contributed by atoms with Crippen molar-refractivity contribution in [3.05, 3.63) is 51.2 Å². The maximum Gasteiger partial charge on any atom is 0.204 e. The second-order valence-corrected chi connectivity index (χ2v) is 8.37. The summed E-state index contributed by atoms with van der Waals surface area (Å²) < 4.78 is 12.0. The molecule has 0 spiro atoms. The van der Waals surface area contributed by atoms with Gasteiger partial charge in [0, 0.05) is 17.5 Å². The summed E-state index contributed by atoms with van der Waals surface area (Å²) in [7, 11) is 0. The van der Waals surface area contributed by atoms with E-state index in [-0.39, 0.29) is 39.9 Å². The molecule has 0 saturated carbocycles. The average molecular weight is 396 g/mol. The Bertz CT molecular complexity index is 1220. The molecule has 0 aliphatic carbocycles. The van der Waals surface area contributed by atoms with Gasteiger partial charge in [0.1, 0.15) is 28.6 Å². The van der Waals surface area contributed by atoms with E-state index in [9.17, 15) is 20.1 Å². The highest BCUT2D eigenvalue weighted by Crippen LogP contribution is 2.46. The summed E-state index contributed by atoms with van der Waals surface area (Å²) in [5, 5.41) is 31.9. The molecule has 152 valence electrons. The number of benzene rings is 2. The van der Waals surface area contributed by atoms with Gasteiger partial charge in [-0.05, 0) is 46.2 Å². The zero-order valence-electron chi connectivity index (χ0n) is 16.9. The smallest absolute Gasteiger partial charge is 0.204 e. The molecule has 3 N–H and O–H groups in total. The maximum atomic E-state index is 13.2. The van der Waals surface area contributed by atoms with Crippen molar-refractivity contribution in [2.24, 2.45) is 0 Å². The van der Waals surface area contributed by atoms with E-state index in [1.807, 2.05) is 19.9 Å². The lowest BCUT2D eigenvalue weighted by atomic mass is 9.94. The molecule has 0 saturated heterocycles. The molecule has 1 aliphatic rings. The first-order chi connectivity index (χ1) is 13.6. The lowest BCUT2D eigenvalue weighted by Gasteiger charge is -2.24. The molecule has 4 rings (SSSR count). The van der Waals surface area contributed by atoms with Crippen molar-refractivity contribution in [2.75, 3.05) is 0 Å². The Morgan fingerprint density at radius 1 is 1.24 bits per heavy atom. The van der Waals surface area contributed by atoms with Crippen LogP contribution in [0, 0.1) is 0 Å². The second kappa shape index (κ2) is 6.52. The van der Waals surface area contributed by atoms with Crippen LogP contribution in [-0.4, -0.2) is 27.0 Å². The van der Waals surface area contributed by atoms with Gasteiger partial charge in [0.25, 0.3) is 0 Å². The summed E-state index contributed by atoms with van der Waals surface area (Å²) in [6, 6.07) is 4.56. The molecular weight excluding hydrogens is 372 g/mol. The molecule has 2 aromatic carbocycles. The average Bonchev–Trinajstić information content (AvgIpc) is 3.08. The maximum absolute atomic E-state index is 13.2. The van der Waals surface area contributed by atoms with Crippen LogP contribution in [-0.2, 0) is 12.8 Å². The number of para-hydroxylation sites is 1. The van der Waals surface area contributed by atoms with Crippen molar-refractivity contribution in [3.8, 4) is 17.2 Å². The lowest BCUT2D eigenvalue weighted by molar-refractivity contribution is -0.0232. The molecule has 1 aliphatic heterocycles. The van der Waals surface area contributed by atoms with E-state index in [4.69, 9.17) is 9.15 Å². The molecule has 0 radical (unpaired) electrons. The highest BCUT2D eigenvalue weighted by atomic mass is 16.5. The number of allylic oxidation sites excluding steroid dienone is 2. The van der Waals surface area contributed by atoms with Gasteiger partial charge in [-0.1, -0.05) is 17.7 Å². The number of aromatic hydroxyl groups is 2. The third-order valence-electron chi connectivity index (χ3n) is 5.39. The normalized spacial score (nSPS) is 16.1. The minimum Gasteiger partial charge on any atom is -0.507 e. The fraction of sp³-hybridized carbons (Fsp3) is 0.348. The minimum atomic E-state index is -1.13. The van der Waals surface area contributed by atoms with Crippen LogP contribution in [0.25, 0.3) is 21.9 Å². The fourth-order valence-corrected chi connectivity index (χ4v) is 3.76. The highest BCUT2D eigenvalue weighted by Gasteiger charge is 2.39. The van der Waals surface area contributed by atoms with Gasteiger partial charge in [-0.3, -0.25) is 4.79 Å². The summed E-state index contributed by atoms with van der Waals surface area (Å²) in [4.78, 5) is 13.2. The van der Waals surface area contributed by atoms with Gasteiger partial charge < -0.3 is 24.5 Å². The van der Waals surface area contributed by atoms with Crippen LogP contribution < -0.4 is 10.2 Å². The summed E-state index contributed by atoms with van der Waals surface area (Å²) >= 11 is 0. The Kier molecular flexibility index (Phi) is 4.35. The number of phenolic OH excluding ortho intramolecular Hbond substituents is 2. The van der Waals surface area contributed by atoms with E-state index in [0.717, 1.165) is 5.57 Å². The first-order valence-electron chi connectivity index (χ1n) is 9.57. The van der Waals surface area contributed by atoms with E-state index >= 15 is 0 Å². The molecule has 6 heteroatoms. The predicted octanol–water partition coefficient (Wildman–Crippen LogP) is 3.94. The summed E-state index contributed by atoms with van der Waals surface area (Å²) in [5.74, 6) is 0.0872. The topological polar surface area (TPSA) is 100 Å². The number of hydrogen-bond acceptors (Lipinski definition) is 6. The van der Waals surface area contributed by atoms with Gasteiger partial charge in [0.2, 0.25) is 5.43 Å². The molecule has 0 bridgehead atoms. The lowest BCUT2D eigenvalue weighted by Crippen LogP contribution is -2.39. The number of ether oxygens (including phenoxy) is 1. The molecule has 1 aromatic heterocycles. The molecule has 1 atom stereocenters. The van der Waals surface area contributed by atoms with Crippen molar-refractivity contribution >= 4 is 21.9 Å². The zero-order chi connectivity index (χ0) is 21.1. The van der Waals surface area contributed by atoms with E-state index in [1.54, 1.807) is 26.0 Å². The molecule has 3 aromatic rings. The predicted molar refractivity (Wildman–Crippen MR) is 111 cm³/mol. The van der Waals surface area contributed by atoms with Gasteiger partial charge in [-0.15, -0.1) is 0 Å². The van der Waals surface area contributed by atoms with Crippen molar-refractivity contribution in [1.29, 1.82) is 0 Å². The van der Waals surface area contributed by atoms with Crippen LogP contribution in [0.1, 0.15) is 38.8 Å². The summed E-state index contributed by atoms with van der Waals surface area (Å²) in [5.41, 5.74) is 0.891. The molecule has 2 heterocycles. The fourth-order valence-electron chi connectivity index (χ4n) is 3.76. The Morgan fingerprint density at radius 2 is 1.97 bits per heavy atom. The van der Waals surface area contributed by atoms with E-state index in [1.165, 1.54) is 6.07 Å². The molecular formula is C23H24O6. The number of hydrogen-bond donors (Lipinski definition) is 3. The van der Waals surface area contributed by atoms with Gasteiger partial charge in [-0.25, -0.2) is 0 Å². The van der Waals surface area contributed by atoms with Crippen LogP contribution in [0.3, 0.4) is 0 Å². The van der Waals surface area contributed by atoms with Crippen LogP contribution >= 0.6 is 0 Å². The molecule has 0 amide bonds. The monoisotopic (exact) mass is 396 g/mol. The Hall–Kier alpha value is -2.99. The van der Waals surface area contributed by atoms with Gasteiger partial charge in [-0.2, -0.15) is 0 Å². The van der Waals surface area contributed by atoms with Crippen molar-refractivity contribution in [2.45, 2.75) is 52.2 Å². The van der Waals surface area contributed by atoms with Crippen LogP contribution in [0.2, 0.25) is 0 Å². The summed E-state index contributed by atoms with van der Waals surface area (Å²) in [6.07, 6.45) is 2.10. The van der Waals surface area contributed by atoms with Crippen LogP contribution in [0.5, 0.6) is 17.2 Å². The molecule has 29 heavy (non-hydrogen) atoms. The van der Waals surface area contributed by atoms with Crippen molar-refractivity contribution < 1.29 is 24.5 Å². The molecule has 6 nitrogen and oxygen atoms in total. The Morgan fingerprint density at radius 3 is 2.62 bits per heavy atom. The minimum absolute atomic E-state index is 0.0685. The number of fused-ring (bicyclic) bond motifs is 3. The standard InChI is InChI=1S/C23H24O6/c1-11(2)8-9-13-20-14(10-16(28-20)23(3,4)27)19(26)17-18(25)12-6-5-7-15(24)21(12)29-22(13)17/h5-8,16,24,26-27H,9-10H2,1-4H3. The first-order valence-corrected chi connectivity index (χ1v) is 9.57. The highest BCUT2D eigenvalue weighted by molar-refractivity contribution is 5.98. The zero-order valence-corrected chi connectivity index (χ0v) is 16.9. The third-order valence-corrected chi connectivity index (χ3v) is 5.39. The first kappa shape index (κ1) is 19.3. The van der Waals surface area contributed by atoms with E-state index < -0.39 is 17.1 Å². The Labute approximate surface area is 167 Å². The third kappa shape index (κ3) is 3.04. The Balaban J connectivity index is 2.12. The van der Waals surface area contributed by atoms with Gasteiger partial charge in [0.05, 0.1) is 11.0 Å². The molecule has 0 fully saturated rings. The number of aliphatic hydroxyl groups is 1. The van der Waals surface area contributed by atoms with Gasteiger partial charge in [0.15, 0.2) is 11.3 Å². The van der Waals surface area contributed by atoms with Crippen molar-refractivity contribution in [1.82, 2.24) is 0 Å².